The molecule has 134 valence electrons. The van der Waals surface area contributed by atoms with Crippen molar-refractivity contribution >= 4 is 17.5 Å². The van der Waals surface area contributed by atoms with E-state index in [4.69, 9.17) is 16.1 Å². The highest BCUT2D eigenvalue weighted by molar-refractivity contribution is 6.32. The van der Waals surface area contributed by atoms with Crippen molar-refractivity contribution in [3.05, 3.63) is 52.9 Å². The SMILES string of the molecule is CCNC(=O)c1noc(-c2cc(Cl)c(O)cc2O)c1-c1ccc(F)cc1. The van der Waals surface area contributed by atoms with Crippen molar-refractivity contribution in [2.24, 2.45) is 0 Å². The Balaban J connectivity index is 2.25. The van der Waals surface area contributed by atoms with Crippen LogP contribution in [0, 0.1) is 5.82 Å². The second-order valence-electron chi connectivity index (χ2n) is 5.42. The molecule has 2 aromatic carbocycles. The van der Waals surface area contributed by atoms with Crippen LogP contribution < -0.4 is 5.32 Å². The molecular weight excluding hydrogens is 363 g/mol. The molecule has 0 saturated heterocycles. The van der Waals surface area contributed by atoms with Crippen molar-refractivity contribution in [3.63, 3.8) is 0 Å². The Morgan fingerprint density at radius 1 is 1.23 bits per heavy atom. The zero-order valence-corrected chi connectivity index (χ0v) is 14.3. The van der Waals surface area contributed by atoms with Crippen LogP contribution in [-0.2, 0) is 0 Å². The molecule has 1 heterocycles. The normalized spacial score (nSPS) is 10.7. The molecule has 3 aromatic rings. The van der Waals surface area contributed by atoms with Gasteiger partial charge in [-0.15, -0.1) is 0 Å². The van der Waals surface area contributed by atoms with Gasteiger partial charge in [0, 0.05) is 12.6 Å². The number of benzene rings is 2. The standard InChI is InChI=1S/C18H14ClFN2O4/c1-2-21-18(25)16-15(9-3-5-10(20)6-4-9)17(26-22-16)11-7-12(19)14(24)8-13(11)23/h3-8,23-24H,2H2,1H3,(H,21,25). The van der Waals surface area contributed by atoms with Gasteiger partial charge in [-0.25, -0.2) is 4.39 Å². The summed E-state index contributed by atoms with van der Waals surface area (Å²) in [6.07, 6.45) is 0. The molecule has 0 atom stereocenters. The molecule has 0 spiro atoms. The number of nitrogens with zero attached hydrogens (tertiary/aromatic N) is 1. The van der Waals surface area contributed by atoms with Crippen LogP contribution in [0.3, 0.4) is 0 Å². The quantitative estimate of drug-likeness (QED) is 0.640. The van der Waals surface area contributed by atoms with E-state index in [1.165, 1.54) is 30.3 Å². The lowest BCUT2D eigenvalue weighted by Crippen LogP contribution is -2.23. The number of aromatic hydroxyl groups is 2. The van der Waals surface area contributed by atoms with E-state index in [0.29, 0.717) is 12.1 Å². The number of rotatable bonds is 4. The average Bonchev–Trinajstić information content (AvgIpc) is 3.04. The second-order valence-corrected chi connectivity index (χ2v) is 5.83. The minimum absolute atomic E-state index is 0.0150. The summed E-state index contributed by atoms with van der Waals surface area (Å²) >= 11 is 5.92. The van der Waals surface area contributed by atoms with Gasteiger partial charge < -0.3 is 20.1 Å². The molecule has 0 aliphatic rings. The van der Waals surface area contributed by atoms with Gasteiger partial charge in [-0.2, -0.15) is 0 Å². The number of aromatic nitrogens is 1. The highest BCUT2D eigenvalue weighted by Gasteiger charge is 2.26. The molecule has 3 N–H and O–H groups in total. The van der Waals surface area contributed by atoms with Crippen LogP contribution in [0.25, 0.3) is 22.5 Å². The number of carbonyl (C=O) groups excluding carboxylic acids is 1. The van der Waals surface area contributed by atoms with Crippen molar-refractivity contribution < 1.29 is 23.9 Å². The van der Waals surface area contributed by atoms with Crippen molar-refractivity contribution in [2.75, 3.05) is 6.54 Å². The maximum absolute atomic E-state index is 13.3. The number of phenols is 2. The smallest absolute Gasteiger partial charge is 0.274 e. The molecule has 0 bridgehead atoms. The van der Waals surface area contributed by atoms with Crippen molar-refractivity contribution in [1.29, 1.82) is 0 Å². The molecule has 3 rings (SSSR count). The first-order valence-electron chi connectivity index (χ1n) is 7.68. The minimum atomic E-state index is -0.480. The Morgan fingerprint density at radius 3 is 2.58 bits per heavy atom. The first-order valence-corrected chi connectivity index (χ1v) is 8.05. The van der Waals surface area contributed by atoms with Crippen LogP contribution in [-0.4, -0.2) is 27.8 Å². The number of hydrogen-bond donors (Lipinski definition) is 3. The van der Waals surface area contributed by atoms with Crippen molar-refractivity contribution in [2.45, 2.75) is 6.92 Å². The molecule has 0 saturated carbocycles. The van der Waals surface area contributed by atoms with Crippen molar-refractivity contribution in [3.8, 4) is 33.9 Å². The van der Waals surface area contributed by atoms with E-state index in [2.05, 4.69) is 10.5 Å². The lowest BCUT2D eigenvalue weighted by Gasteiger charge is -2.08. The summed E-state index contributed by atoms with van der Waals surface area (Å²) in [4.78, 5) is 12.3. The lowest BCUT2D eigenvalue weighted by atomic mass is 9.98. The van der Waals surface area contributed by atoms with E-state index < -0.39 is 11.7 Å². The number of nitrogens with one attached hydrogen (secondary N) is 1. The topological polar surface area (TPSA) is 95.6 Å². The van der Waals surface area contributed by atoms with E-state index in [9.17, 15) is 19.4 Å². The largest absolute Gasteiger partial charge is 0.507 e. The predicted molar refractivity (Wildman–Crippen MR) is 93.7 cm³/mol. The number of carbonyl (C=O) groups is 1. The van der Waals surface area contributed by atoms with Gasteiger partial charge in [0.15, 0.2) is 11.5 Å². The number of hydrogen-bond acceptors (Lipinski definition) is 5. The molecule has 1 amide bonds. The van der Waals surface area contributed by atoms with Crippen LogP contribution in [0.4, 0.5) is 4.39 Å². The Labute approximate surface area is 152 Å². The van der Waals surface area contributed by atoms with E-state index >= 15 is 0 Å². The Hall–Kier alpha value is -3.06. The van der Waals surface area contributed by atoms with E-state index in [1.54, 1.807) is 6.92 Å². The zero-order chi connectivity index (χ0) is 18.8. The van der Waals surface area contributed by atoms with Crippen LogP contribution in [0.5, 0.6) is 11.5 Å². The first-order chi connectivity index (χ1) is 12.4. The molecule has 0 aliphatic heterocycles. The van der Waals surface area contributed by atoms with Gasteiger partial charge >= 0.3 is 0 Å². The molecule has 0 radical (unpaired) electrons. The molecule has 0 fully saturated rings. The van der Waals surface area contributed by atoms with Crippen LogP contribution in [0.1, 0.15) is 17.4 Å². The molecular formula is C18H14ClFN2O4. The Kier molecular flexibility index (Phi) is 4.81. The fourth-order valence-electron chi connectivity index (χ4n) is 2.49. The Morgan fingerprint density at radius 2 is 1.92 bits per heavy atom. The molecule has 26 heavy (non-hydrogen) atoms. The summed E-state index contributed by atoms with van der Waals surface area (Å²) in [6.45, 7) is 2.13. The fourth-order valence-corrected chi connectivity index (χ4v) is 2.65. The van der Waals surface area contributed by atoms with Gasteiger partial charge in [-0.1, -0.05) is 28.9 Å². The van der Waals surface area contributed by atoms with Crippen molar-refractivity contribution in [1.82, 2.24) is 10.5 Å². The fraction of sp³-hybridized carbons (Fsp3) is 0.111. The van der Waals surface area contributed by atoms with Crippen LogP contribution in [0.15, 0.2) is 40.9 Å². The summed E-state index contributed by atoms with van der Waals surface area (Å²) in [5.74, 6) is -1.47. The minimum Gasteiger partial charge on any atom is -0.507 e. The first kappa shape index (κ1) is 17.8. The summed E-state index contributed by atoms with van der Waals surface area (Å²) in [6, 6.07) is 7.75. The molecule has 8 heteroatoms. The van der Waals surface area contributed by atoms with Gasteiger partial charge in [0.05, 0.1) is 16.1 Å². The molecule has 0 aliphatic carbocycles. The van der Waals surface area contributed by atoms with Gasteiger partial charge in [-0.05, 0) is 30.7 Å². The zero-order valence-electron chi connectivity index (χ0n) is 13.6. The van der Waals surface area contributed by atoms with Gasteiger partial charge in [0.1, 0.15) is 17.3 Å². The molecule has 0 unspecified atom stereocenters. The third-order valence-corrected chi connectivity index (χ3v) is 3.99. The molecule has 1 aromatic heterocycles. The van der Waals surface area contributed by atoms with Gasteiger partial charge in [-0.3, -0.25) is 4.79 Å². The number of amides is 1. The Bertz CT molecular complexity index is 970. The maximum atomic E-state index is 13.3. The third-order valence-electron chi connectivity index (χ3n) is 3.69. The second kappa shape index (κ2) is 7.05. The maximum Gasteiger partial charge on any atom is 0.274 e. The highest BCUT2D eigenvalue weighted by Crippen LogP contribution is 2.42. The van der Waals surface area contributed by atoms with Crippen LogP contribution in [0.2, 0.25) is 5.02 Å². The third kappa shape index (κ3) is 3.21. The van der Waals surface area contributed by atoms with E-state index in [0.717, 1.165) is 6.07 Å². The average molecular weight is 377 g/mol. The lowest BCUT2D eigenvalue weighted by molar-refractivity contribution is 0.0947. The monoisotopic (exact) mass is 376 g/mol. The summed E-state index contributed by atoms with van der Waals surface area (Å²) in [7, 11) is 0. The number of halogens is 2. The predicted octanol–water partition coefficient (Wildman–Crippen LogP) is 3.96. The van der Waals surface area contributed by atoms with Crippen LogP contribution >= 0.6 is 11.6 Å². The van der Waals surface area contributed by atoms with E-state index in [-0.39, 0.29) is 39.1 Å². The summed E-state index contributed by atoms with van der Waals surface area (Å²) in [5.41, 5.74) is 0.854. The highest BCUT2D eigenvalue weighted by atomic mass is 35.5. The number of phenolic OH excluding ortho intramolecular Hbond substituents is 2. The van der Waals surface area contributed by atoms with Gasteiger partial charge in [0.25, 0.3) is 5.91 Å². The van der Waals surface area contributed by atoms with E-state index in [1.807, 2.05) is 0 Å². The molecule has 6 nitrogen and oxygen atoms in total. The summed E-state index contributed by atoms with van der Waals surface area (Å²) < 4.78 is 18.6. The summed E-state index contributed by atoms with van der Waals surface area (Å²) in [5, 5.41) is 26.2. The van der Waals surface area contributed by atoms with Gasteiger partial charge in [0.2, 0.25) is 0 Å².